The highest BCUT2D eigenvalue weighted by Gasteiger charge is 2.00. The minimum atomic E-state index is -0.461. The molecule has 0 aliphatic carbocycles. The number of hydrogen-bond donors (Lipinski definition) is 1. The largest absolute Gasteiger partial charge is 0.491 e. The molecule has 0 spiro atoms. The molecule has 0 saturated carbocycles. The van der Waals surface area contributed by atoms with E-state index < -0.39 is 6.67 Å². The molecule has 0 saturated heterocycles. The maximum atomic E-state index is 11.8. The first kappa shape index (κ1) is 9.99. The molecular weight excluding hydrogens is 169 g/mol. The molecular formula is C10H14FNO. The third-order valence-corrected chi connectivity index (χ3v) is 1.72. The lowest BCUT2D eigenvalue weighted by Gasteiger charge is -2.08. The van der Waals surface area contributed by atoms with E-state index in [1.54, 1.807) is 0 Å². The Balaban J connectivity index is 2.66. The number of alkyl halides is 1. The highest BCUT2D eigenvalue weighted by molar-refractivity contribution is 5.33. The van der Waals surface area contributed by atoms with Gasteiger partial charge in [-0.3, -0.25) is 0 Å². The topological polar surface area (TPSA) is 35.2 Å². The summed E-state index contributed by atoms with van der Waals surface area (Å²) in [5.74, 6) is 0.741. The van der Waals surface area contributed by atoms with E-state index in [-0.39, 0.29) is 6.61 Å². The molecule has 13 heavy (non-hydrogen) atoms. The van der Waals surface area contributed by atoms with E-state index in [0.717, 1.165) is 17.7 Å². The van der Waals surface area contributed by atoms with Crippen LogP contribution >= 0.6 is 0 Å². The molecule has 72 valence electrons. The first-order chi connectivity index (χ1) is 6.38. The summed E-state index contributed by atoms with van der Waals surface area (Å²) >= 11 is 0. The maximum Gasteiger partial charge on any atom is 0.123 e. The Morgan fingerprint density at radius 2 is 2.08 bits per heavy atom. The Labute approximate surface area is 77.5 Å². The van der Waals surface area contributed by atoms with Crippen LogP contribution in [0, 0.1) is 0 Å². The van der Waals surface area contributed by atoms with Crippen LogP contribution in [0.5, 0.6) is 5.75 Å². The zero-order valence-corrected chi connectivity index (χ0v) is 7.50. The highest BCUT2D eigenvalue weighted by atomic mass is 19.1. The van der Waals surface area contributed by atoms with E-state index in [4.69, 9.17) is 10.5 Å². The van der Waals surface area contributed by atoms with Crippen molar-refractivity contribution in [3.8, 4) is 5.75 Å². The molecule has 1 aromatic rings. The number of para-hydroxylation sites is 1. The summed E-state index contributed by atoms with van der Waals surface area (Å²) in [5, 5.41) is 0. The third-order valence-electron chi connectivity index (χ3n) is 1.72. The van der Waals surface area contributed by atoms with Crippen molar-refractivity contribution in [1.29, 1.82) is 0 Å². The molecule has 0 aliphatic rings. The Morgan fingerprint density at radius 1 is 1.31 bits per heavy atom. The first-order valence-electron chi connectivity index (χ1n) is 4.35. The van der Waals surface area contributed by atoms with Crippen molar-refractivity contribution < 1.29 is 9.13 Å². The molecule has 1 rings (SSSR count). The van der Waals surface area contributed by atoms with E-state index in [9.17, 15) is 4.39 Å². The van der Waals surface area contributed by atoms with Gasteiger partial charge in [-0.05, 0) is 24.6 Å². The predicted molar refractivity (Wildman–Crippen MR) is 50.7 cm³/mol. The van der Waals surface area contributed by atoms with Crippen molar-refractivity contribution in [2.75, 3.05) is 19.8 Å². The van der Waals surface area contributed by atoms with Crippen LogP contribution in [0.4, 0.5) is 4.39 Å². The number of halogens is 1. The maximum absolute atomic E-state index is 11.8. The smallest absolute Gasteiger partial charge is 0.123 e. The molecule has 0 heterocycles. The molecule has 0 unspecified atom stereocenters. The zero-order valence-electron chi connectivity index (χ0n) is 7.50. The van der Waals surface area contributed by atoms with Crippen molar-refractivity contribution in [2.24, 2.45) is 5.73 Å². The van der Waals surface area contributed by atoms with Crippen LogP contribution in [0.25, 0.3) is 0 Å². The minimum Gasteiger partial charge on any atom is -0.491 e. The van der Waals surface area contributed by atoms with E-state index in [0.29, 0.717) is 6.54 Å². The van der Waals surface area contributed by atoms with Gasteiger partial charge in [-0.2, -0.15) is 0 Å². The Morgan fingerprint density at radius 3 is 2.77 bits per heavy atom. The molecule has 0 fully saturated rings. The third kappa shape index (κ3) is 3.03. The summed E-state index contributed by atoms with van der Waals surface area (Å²) in [4.78, 5) is 0. The van der Waals surface area contributed by atoms with Gasteiger partial charge < -0.3 is 10.5 Å². The zero-order chi connectivity index (χ0) is 9.52. The number of nitrogens with two attached hydrogens (primary N) is 1. The average molecular weight is 183 g/mol. The summed E-state index contributed by atoms with van der Waals surface area (Å²) < 4.78 is 17.1. The molecule has 3 heteroatoms. The molecule has 1 aromatic carbocycles. The molecule has 0 aliphatic heterocycles. The van der Waals surface area contributed by atoms with Crippen LogP contribution in [0.2, 0.25) is 0 Å². The van der Waals surface area contributed by atoms with Crippen LogP contribution in [-0.2, 0) is 6.42 Å². The van der Waals surface area contributed by atoms with Crippen molar-refractivity contribution in [3.05, 3.63) is 29.8 Å². The molecule has 0 radical (unpaired) electrons. The Bertz CT molecular complexity index is 252. The van der Waals surface area contributed by atoms with Gasteiger partial charge in [-0.15, -0.1) is 0 Å². The van der Waals surface area contributed by atoms with Crippen molar-refractivity contribution in [2.45, 2.75) is 6.42 Å². The summed E-state index contributed by atoms with van der Waals surface area (Å²) in [7, 11) is 0. The number of hydrogen-bond acceptors (Lipinski definition) is 2. The number of ether oxygens (including phenoxy) is 1. The summed E-state index contributed by atoms with van der Waals surface area (Å²) in [6.45, 7) is 0.231. The summed E-state index contributed by atoms with van der Waals surface area (Å²) in [6.07, 6.45) is 0.766. The second-order valence-electron chi connectivity index (χ2n) is 2.68. The SMILES string of the molecule is NCCc1ccccc1OCCF. The first-order valence-corrected chi connectivity index (χ1v) is 4.35. The molecule has 0 aromatic heterocycles. The van der Waals surface area contributed by atoms with E-state index in [1.165, 1.54) is 0 Å². The van der Waals surface area contributed by atoms with Crippen LogP contribution in [0.3, 0.4) is 0 Å². The fourth-order valence-corrected chi connectivity index (χ4v) is 1.16. The normalized spacial score (nSPS) is 10.0. The van der Waals surface area contributed by atoms with Gasteiger partial charge in [-0.25, -0.2) is 4.39 Å². The second kappa shape index (κ2) is 5.54. The van der Waals surface area contributed by atoms with E-state index >= 15 is 0 Å². The quantitative estimate of drug-likeness (QED) is 0.751. The molecule has 2 nitrogen and oxygen atoms in total. The predicted octanol–water partition coefficient (Wildman–Crippen LogP) is 1.54. The molecule has 0 amide bonds. The van der Waals surface area contributed by atoms with E-state index in [1.807, 2.05) is 24.3 Å². The van der Waals surface area contributed by atoms with Gasteiger partial charge in [0.1, 0.15) is 19.0 Å². The molecule has 2 N–H and O–H groups in total. The number of rotatable bonds is 5. The standard InChI is InChI=1S/C10H14FNO/c11-6-8-13-10-4-2-1-3-9(10)5-7-12/h1-4H,5-8,12H2. The minimum absolute atomic E-state index is 0.113. The lowest BCUT2D eigenvalue weighted by Crippen LogP contribution is -2.06. The lowest BCUT2D eigenvalue weighted by atomic mass is 10.1. The molecule has 0 atom stereocenters. The highest BCUT2D eigenvalue weighted by Crippen LogP contribution is 2.17. The van der Waals surface area contributed by atoms with Crippen molar-refractivity contribution in [3.63, 3.8) is 0 Å². The van der Waals surface area contributed by atoms with E-state index in [2.05, 4.69) is 0 Å². The monoisotopic (exact) mass is 183 g/mol. The summed E-state index contributed by atoms with van der Waals surface area (Å²) in [5.41, 5.74) is 6.47. The van der Waals surface area contributed by atoms with Crippen LogP contribution in [-0.4, -0.2) is 19.8 Å². The second-order valence-corrected chi connectivity index (χ2v) is 2.68. The van der Waals surface area contributed by atoms with Crippen LogP contribution < -0.4 is 10.5 Å². The van der Waals surface area contributed by atoms with Gasteiger partial charge >= 0.3 is 0 Å². The van der Waals surface area contributed by atoms with Gasteiger partial charge in [0, 0.05) is 0 Å². The fraction of sp³-hybridized carbons (Fsp3) is 0.400. The van der Waals surface area contributed by atoms with Crippen LogP contribution in [0.15, 0.2) is 24.3 Å². The van der Waals surface area contributed by atoms with Crippen LogP contribution in [0.1, 0.15) is 5.56 Å². The van der Waals surface area contributed by atoms with Gasteiger partial charge in [0.25, 0.3) is 0 Å². The Hall–Kier alpha value is -1.09. The summed E-state index contributed by atoms with van der Waals surface area (Å²) in [6, 6.07) is 7.57. The van der Waals surface area contributed by atoms with Gasteiger partial charge in [0.15, 0.2) is 0 Å². The fourth-order valence-electron chi connectivity index (χ4n) is 1.16. The van der Waals surface area contributed by atoms with Crippen molar-refractivity contribution >= 4 is 0 Å². The Kier molecular flexibility index (Phi) is 4.26. The van der Waals surface area contributed by atoms with Gasteiger partial charge in [0.05, 0.1) is 0 Å². The van der Waals surface area contributed by atoms with Crippen molar-refractivity contribution in [1.82, 2.24) is 0 Å². The average Bonchev–Trinajstić information content (AvgIpc) is 2.17. The van der Waals surface area contributed by atoms with Gasteiger partial charge in [0.2, 0.25) is 0 Å². The van der Waals surface area contributed by atoms with Gasteiger partial charge in [-0.1, -0.05) is 18.2 Å². The lowest BCUT2D eigenvalue weighted by molar-refractivity contribution is 0.271. The number of benzene rings is 1. The molecule has 0 bridgehead atoms.